The van der Waals surface area contributed by atoms with Gasteiger partial charge in [0, 0.05) is 12.3 Å². The molecule has 0 saturated carbocycles. The Bertz CT molecular complexity index is 1520. The SMILES string of the molecule is COc1ccnc2c(=O)n([C@@H](C)c3nc(C(c4ccccc4)c4ccccc4)no3)c(=O)oc12. The molecule has 0 aliphatic carbocycles. The Morgan fingerprint density at radius 1 is 0.941 bits per heavy atom. The van der Waals surface area contributed by atoms with Gasteiger partial charge in [-0.3, -0.25) is 4.79 Å². The lowest BCUT2D eigenvalue weighted by molar-refractivity contribution is 0.321. The smallest absolute Gasteiger partial charge is 0.423 e. The van der Waals surface area contributed by atoms with Crippen molar-refractivity contribution in [3.8, 4) is 5.75 Å². The molecule has 9 nitrogen and oxygen atoms in total. The second-order valence-corrected chi connectivity index (χ2v) is 7.66. The van der Waals surface area contributed by atoms with Crippen molar-refractivity contribution in [1.29, 1.82) is 0 Å². The van der Waals surface area contributed by atoms with Crippen LogP contribution in [0.5, 0.6) is 5.75 Å². The van der Waals surface area contributed by atoms with E-state index in [1.54, 1.807) is 6.92 Å². The van der Waals surface area contributed by atoms with E-state index in [4.69, 9.17) is 13.7 Å². The number of nitrogens with zero attached hydrogens (tertiary/aromatic N) is 4. The first-order valence-electron chi connectivity index (χ1n) is 10.6. The molecule has 0 aliphatic heterocycles. The van der Waals surface area contributed by atoms with Crippen LogP contribution in [-0.2, 0) is 0 Å². The van der Waals surface area contributed by atoms with Crippen molar-refractivity contribution in [3.05, 3.63) is 117 Å². The van der Waals surface area contributed by atoms with Crippen molar-refractivity contribution in [2.45, 2.75) is 18.9 Å². The fourth-order valence-corrected chi connectivity index (χ4v) is 3.94. The molecule has 5 aromatic rings. The molecule has 0 bridgehead atoms. The first kappa shape index (κ1) is 21.3. The number of methoxy groups -OCH3 is 1. The van der Waals surface area contributed by atoms with Gasteiger partial charge in [0.15, 0.2) is 17.1 Å². The molecular formula is C25H20N4O5. The summed E-state index contributed by atoms with van der Waals surface area (Å²) in [6.45, 7) is 1.61. The van der Waals surface area contributed by atoms with Gasteiger partial charge in [-0.2, -0.15) is 4.98 Å². The maximum absolute atomic E-state index is 13.1. The lowest BCUT2D eigenvalue weighted by Crippen LogP contribution is -2.36. The Hall–Kier alpha value is -4.53. The monoisotopic (exact) mass is 456 g/mol. The first-order chi connectivity index (χ1) is 16.6. The zero-order valence-electron chi connectivity index (χ0n) is 18.4. The molecule has 2 aromatic carbocycles. The highest BCUT2D eigenvalue weighted by molar-refractivity contribution is 5.77. The minimum atomic E-state index is -0.880. The van der Waals surface area contributed by atoms with Crippen LogP contribution in [0.1, 0.15) is 41.7 Å². The predicted molar refractivity (Wildman–Crippen MR) is 123 cm³/mol. The highest BCUT2D eigenvalue weighted by atomic mass is 16.5. The van der Waals surface area contributed by atoms with Gasteiger partial charge in [-0.25, -0.2) is 14.3 Å². The van der Waals surface area contributed by atoms with Gasteiger partial charge in [-0.15, -0.1) is 0 Å². The zero-order valence-corrected chi connectivity index (χ0v) is 18.4. The fraction of sp³-hybridized carbons (Fsp3) is 0.160. The van der Waals surface area contributed by atoms with E-state index in [1.165, 1.54) is 19.4 Å². The van der Waals surface area contributed by atoms with Crippen LogP contribution in [0.15, 0.2) is 91.5 Å². The van der Waals surface area contributed by atoms with Crippen LogP contribution in [0.25, 0.3) is 11.1 Å². The number of benzene rings is 2. The topological polar surface area (TPSA) is 113 Å². The van der Waals surface area contributed by atoms with Crippen molar-refractivity contribution >= 4 is 11.1 Å². The van der Waals surface area contributed by atoms with Crippen molar-refractivity contribution in [2.24, 2.45) is 0 Å². The molecule has 0 spiro atoms. The highest BCUT2D eigenvalue weighted by Gasteiger charge is 2.27. The zero-order chi connectivity index (χ0) is 23.7. The van der Waals surface area contributed by atoms with Crippen molar-refractivity contribution in [2.75, 3.05) is 7.11 Å². The maximum Gasteiger partial charge on any atom is 0.423 e. The van der Waals surface area contributed by atoms with Crippen molar-refractivity contribution < 1.29 is 13.7 Å². The number of aromatic nitrogens is 4. The molecule has 0 aliphatic rings. The number of ether oxygens (including phenoxy) is 1. The standard InChI is InChI=1S/C25H20N4O5/c1-15(29-24(30)20-21(33-25(29)31)18(32-2)13-14-26-20)23-27-22(28-34-23)19(16-9-5-3-6-10-16)17-11-7-4-8-12-17/h3-15,19H,1-2H3/t15-/m0/s1. The van der Waals surface area contributed by atoms with E-state index in [0.717, 1.165) is 15.7 Å². The van der Waals surface area contributed by atoms with Crippen molar-refractivity contribution in [3.63, 3.8) is 0 Å². The summed E-state index contributed by atoms with van der Waals surface area (Å²) in [6, 6.07) is 20.2. The summed E-state index contributed by atoms with van der Waals surface area (Å²) in [7, 11) is 1.42. The van der Waals surface area contributed by atoms with E-state index in [-0.39, 0.29) is 28.7 Å². The van der Waals surface area contributed by atoms with Crippen LogP contribution in [0.3, 0.4) is 0 Å². The summed E-state index contributed by atoms with van der Waals surface area (Å²) in [5.41, 5.74) is 1.28. The fourth-order valence-electron chi connectivity index (χ4n) is 3.94. The van der Waals surface area contributed by atoms with Gasteiger partial charge in [-0.05, 0) is 18.1 Å². The number of rotatable bonds is 6. The molecular weight excluding hydrogens is 436 g/mol. The average Bonchev–Trinajstić information content (AvgIpc) is 3.35. The Labute approximate surface area is 193 Å². The van der Waals surface area contributed by atoms with E-state index in [9.17, 15) is 9.59 Å². The van der Waals surface area contributed by atoms with E-state index >= 15 is 0 Å². The van der Waals surface area contributed by atoms with Gasteiger partial charge < -0.3 is 13.7 Å². The molecule has 3 aromatic heterocycles. The number of fused-ring (bicyclic) bond motifs is 1. The van der Waals surface area contributed by atoms with Gasteiger partial charge in [0.1, 0.15) is 6.04 Å². The molecule has 0 N–H and O–H groups in total. The lowest BCUT2D eigenvalue weighted by atomic mass is 9.91. The predicted octanol–water partition coefficient (Wildman–Crippen LogP) is 3.53. The van der Waals surface area contributed by atoms with Gasteiger partial charge >= 0.3 is 5.76 Å². The summed E-state index contributed by atoms with van der Waals surface area (Å²) < 4.78 is 17.0. The average molecular weight is 456 g/mol. The van der Waals surface area contributed by atoms with E-state index in [1.807, 2.05) is 60.7 Å². The first-order valence-corrected chi connectivity index (χ1v) is 10.6. The summed E-state index contributed by atoms with van der Waals surface area (Å²) in [4.78, 5) is 34.5. The van der Waals surface area contributed by atoms with E-state index in [2.05, 4.69) is 15.1 Å². The molecule has 9 heteroatoms. The maximum atomic E-state index is 13.1. The number of pyridine rings is 1. The summed E-state index contributed by atoms with van der Waals surface area (Å²) in [5.74, 6) is -0.407. The van der Waals surface area contributed by atoms with Crippen molar-refractivity contribution in [1.82, 2.24) is 19.7 Å². The largest absolute Gasteiger partial charge is 0.493 e. The van der Waals surface area contributed by atoms with Gasteiger partial charge in [-0.1, -0.05) is 65.8 Å². The molecule has 5 rings (SSSR count). The lowest BCUT2D eigenvalue weighted by Gasteiger charge is -2.14. The molecule has 34 heavy (non-hydrogen) atoms. The molecule has 0 unspecified atom stereocenters. The van der Waals surface area contributed by atoms with Crippen LogP contribution in [0, 0.1) is 0 Å². The molecule has 0 amide bonds. The molecule has 0 radical (unpaired) electrons. The van der Waals surface area contributed by atoms with E-state index in [0.29, 0.717) is 5.82 Å². The van der Waals surface area contributed by atoms with Crippen LogP contribution >= 0.6 is 0 Å². The van der Waals surface area contributed by atoms with Crippen LogP contribution in [0.2, 0.25) is 0 Å². The summed E-state index contributed by atoms with van der Waals surface area (Å²) in [6.07, 6.45) is 1.41. The quantitative estimate of drug-likeness (QED) is 0.381. The van der Waals surface area contributed by atoms with Crippen LogP contribution in [0.4, 0.5) is 0 Å². The Morgan fingerprint density at radius 3 is 2.21 bits per heavy atom. The van der Waals surface area contributed by atoms with Crippen LogP contribution in [-0.4, -0.2) is 26.8 Å². The van der Waals surface area contributed by atoms with Gasteiger partial charge in [0.05, 0.1) is 13.0 Å². The Balaban J connectivity index is 1.59. The third kappa shape index (κ3) is 3.66. The third-order valence-corrected chi connectivity index (χ3v) is 5.62. The molecule has 170 valence electrons. The number of hydrogen-bond donors (Lipinski definition) is 0. The van der Waals surface area contributed by atoms with Gasteiger partial charge in [0.25, 0.3) is 5.56 Å². The van der Waals surface area contributed by atoms with Crippen LogP contribution < -0.4 is 16.1 Å². The minimum Gasteiger partial charge on any atom is -0.493 e. The molecule has 0 saturated heterocycles. The minimum absolute atomic E-state index is 0.0112. The second kappa shape index (κ2) is 8.78. The van der Waals surface area contributed by atoms with Gasteiger partial charge in [0.2, 0.25) is 11.5 Å². The summed E-state index contributed by atoms with van der Waals surface area (Å²) >= 11 is 0. The molecule has 3 heterocycles. The highest BCUT2D eigenvalue weighted by Crippen LogP contribution is 2.30. The second-order valence-electron chi connectivity index (χ2n) is 7.66. The normalized spacial score (nSPS) is 12.2. The Morgan fingerprint density at radius 2 is 1.59 bits per heavy atom. The summed E-state index contributed by atoms with van der Waals surface area (Å²) in [5, 5.41) is 4.20. The molecule has 1 atom stereocenters. The molecule has 0 fully saturated rings. The van der Waals surface area contributed by atoms with E-state index < -0.39 is 17.4 Å². The third-order valence-electron chi connectivity index (χ3n) is 5.62. The number of hydrogen-bond acceptors (Lipinski definition) is 8. The Kier molecular flexibility index (Phi) is 5.51.